The summed E-state index contributed by atoms with van der Waals surface area (Å²) in [5.41, 5.74) is 1.03. The van der Waals surface area contributed by atoms with Gasteiger partial charge in [-0.15, -0.1) is 0 Å². The molecule has 0 amide bonds. The van der Waals surface area contributed by atoms with Gasteiger partial charge >= 0.3 is 21.5 Å². The van der Waals surface area contributed by atoms with Crippen LogP contribution in [-0.4, -0.2) is 30.5 Å². The number of allylic oxidation sites excluding steroid dienone is 1. The van der Waals surface area contributed by atoms with Gasteiger partial charge in [-0.1, -0.05) is 24.3 Å². The van der Waals surface area contributed by atoms with Crippen molar-refractivity contribution in [1.29, 1.82) is 0 Å². The number of hydrogen-bond donors (Lipinski definition) is 1. The summed E-state index contributed by atoms with van der Waals surface area (Å²) in [5, 5.41) is -5.53. The van der Waals surface area contributed by atoms with Gasteiger partial charge in [-0.25, -0.2) is 0 Å². The van der Waals surface area contributed by atoms with E-state index in [0.717, 1.165) is 6.08 Å². The van der Waals surface area contributed by atoms with Crippen LogP contribution in [0.5, 0.6) is 0 Å². The molecular formula is C12H9F5O4S. The Balaban J connectivity index is 2.32. The first kappa shape index (κ1) is 16.7. The van der Waals surface area contributed by atoms with Crippen molar-refractivity contribution in [2.24, 2.45) is 0 Å². The summed E-state index contributed by atoms with van der Waals surface area (Å²) >= 11 is 0. The molecule has 0 spiro atoms. The summed E-state index contributed by atoms with van der Waals surface area (Å²) in [6.07, 6.45) is -8.79. The fourth-order valence-corrected chi connectivity index (χ4v) is 2.39. The smallest absolute Gasteiger partial charge is 0.432 e. The van der Waals surface area contributed by atoms with E-state index in [1.165, 1.54) is 6.07 Å². The maximum atomic E-state index is 13.4. The van der Waals surface area contributed by atoms with Gasteiger partial charge in [0.2, 0.25) is 0 Å². The van der Waals surface area contributed by atoms with E-state index in [9.17, 15) is 30.4 Å². The number of hydrogen-bond acceptors (Lipinski definition) is 3. The van der Waals surface area contributed by atoms with Crippen molar-refractivity contribution in [3.8, 4) is 0 Å². The number of halogens is 5. The zero-order chi connectivity index (χ0) is 16.8. The highest BCUT2D eigenvalue weighted by Crippen LogP contribution is 2.40. The maximum Gasteiger partial charge on any atom is 0.432 e. The molecule has 1 aliphatic rings. The number of ether oxygens (including phenoxy) is 1. The second-order valence-corrected chi connectivity index (χ2v) is 6.06. The van der Waals surface area contributed by atoms with Crippen LogP contribution in [-0.2, 0) is 21.3 Å². The molecule has 0 aliphatic heterocycles. The lowest BCUT2D eigenvalue weighted by Crippen LogP contribution is -2.51. The molecule has 0 bridgehead atoms. The molecule has 10 heteroatoms. The van der Waals surface area contributed by atoms with Crippen molar-refractivity contribution in [1.82, 2.24) is 0 Å². The van der Waals surface area contributed by atoms with Gasteiger partial charge in [-0.2, -0.15) is 30.4 Å². The molecule has 4 nitrogen and oxygen atoms in total. The van der Waals surface area contributed by atoms with Gasteiger partial charge in [-0.05, 0) is 17.2 Å². The van der Waals surface area contributed by atoms with Crippen molar-refractivity contribution < 1.29 is 39.7 Å². The summed E-state index contributed by atoms with van der Waals surface area (Å²) < 4.78 is 98.5. The summed E-state index contributed by atoms with van der Waals surface area (Å²) in [5.74, 6) is -0.466. The van der Waals surface area contributed by atoms with Gasteiger partial charge in [0.15, 0.2) is 0 Å². The van der Waals surface area contributed by atoms with Crippen LogP contribution in [0.4, 0.5) is 22.0 Å². The van der Waals surface area contributed by atoms with E-state index in [4.69, 9.17) is 4.55 Å². The van der Waals surface area contributed by atoms with Crippen LogP contribution in [0.25, 0.3) is 6.08 Å². The van der Waals surface area contributed by atoms with E-state index < -0.39 is 33.4 Å². The van der Waals surface area contributed by atoms with Crippen LogP contribution >= 0.6 is 0 Å². The predicted molar refractivity (Wildman–Crippen MR) is 65.5 cm³/mol. The maximum absolute atomic E-state index is 13.4. The zero-order valence-electron chi connectivity index (χ0n) is 10.6. The second kappa shape index (κ2) is 5.20. The van der Waals surface area contributed by atoms with Gasteiger partial charge in [0.05, 0.1) is 0 Å². The SMILES string of the molecule is O=S(=O)(O)C(F)(F)C(OC1=Cc2ccccc2C1)C(F)(F)F. The lowest BCUT2D eigenvalue weighted by molar-refractivity contribution is -0.254. The Labute approximate surface area is 121 Å². The highest BCUT2D eigenvalue weighted by molar-refractivity contribution is 7.86. The van der Waals surface area contributed by atoms with Gasteiger partial charge in [-0.3, -0.25) is 4.55 Å². The minimum atomic E-state index is -6.30. The largest absolute Gasteiger partial charge is 0.477 e. The Bertz CT molecular complexity index is 708. The molecule has 1 atom stereocenters. The Morgan fingerprint density at radius 3 is 2.23 bits per heavy atom. The molecule has 0 fully saturated rings. The Morgan fingerprint density at radius 1 is 1.14 bits per heavy atom. The fraction of sp³-hybridized carbons (Fsp3) is 0.333. The van der Waals surface area contributed by atoms with Crippen molar-refractivity contribution >= 4 is 16.2 Å². The number of rotatable bonds is 4. The Morgan fingerprint density at radius 2 is 1.73 bits per heavy atom. The van der Waals surface area contributed by atoms with Crippen molar-refractivity contribution in [3.05, 3.63) is 41.2 Å². The molecule has 1 aromatic carbocycles. The Kier molecular flexibility index (Phi) is 3.94. The van der Waals surface area contributed by atoms with Crippen molar-refractivity contribution in [3.63, 3.8) is 0 Å². The molecule has 0 heterocycles. The molecule has 0 radical (unpaired) electrons. The van der Waals surface area contributed by atoms with Crippen LogP contribution in [0, 0.1) is 0 Å². The minimum absolute atomic E-state index is 0.190. The van der Waals surface area contributed by atoms with E-state index in [0.29, 0.717) is 11.1 Å². The summed E-state index contributed by atoms with van der Waals surface area (Å²) in [6.45, 7) is 0. The predicted octanol–water partition coefficient (Wildman–Crippen LogP) is 3.01. The summed E-state index contributed by atoms with van der Waals surface area (Å²) in [4.78, 5) is 0. The van der Waals surface area contributed by atoms with Crippen molar-refractivity contribution in [2.75, 3.05) is 0 Å². The molecule has 122 valence electrons. The molecule has 22 heavy (non-hydrogen) atoms. The third-order valence-electron chi connectivity index (χ3n) is 2.95. The summed E-state index contributed by atoms with van der Waals surface area (Å²) in [6, 6.07) is 6.29. The molecule has 1 aliphatic carbocycles. The van der Waals surface area contributed by atoms with E-state index >= 15 is 0 Å². The monoisotopic (exact) mass is 344 g/mol. The first-order valence-electron chi connectivity index (χ1n) is 5.79. The van der Waals surface area contributed by atoms with Crippen LogP contribution < -0.4 is 0 Å². The molecule has 0 saturated heterocycles. The van der Waals surface area contributed by atoms with Gasteiger partial charge in [0, 0.05) is 6.42 Å². The Hall–Kier alpha value is -1.68. The first-order chi connectivity index (χ1) is 9.93. The third kappa shape index (κ3) is 3.07. The normalized spacial score (nSPS) is 16.9. The molecule has 1 N–H and O–H groups in total. The lowest BCUT2D eigenvalue weighted by Gasteiger charge is -2.27. The summed E-state index contributed by atoms with van der Waals surface area (Å²) in [7, 11) is -6.30. The number of alkyl halides is 5. The van der Waals surface area contributed by atoms with Crippen LogP contribution in [0.2, 0.25) is 0 Å². The highest BCUT2D eigenvalue weighted by atomic mass is 32.2. The van der Waals surface area contributed by atoms with Crippen LogP contribution in [0.15, 0.2) is 30.0 Å². The molecule has 1 aromatic rings. The average molecular weight is 344 g/mol. The average Bonchev–Trinajstić information content (AvgIpc) is 2.75. The fourth-order valence-electron chi connectivity index (χ4n) is 1.94. The lowest BCUT2D eigenvalue weighted by atomic mass is 10.1. The van der Waals surface area contributed by atoms with Gasteiger partial charge < -0.3 is 4.74 Å². The van der Waals surface area contributed by atoms with E-state index in [1.807, 2.05) is 0 Å². The topological polar surface area (TPSA) is 63.6 Å². The standard InChI is InChI=1S/C12H9F5O4S/c13-11(14,15)10(12(16,17)22(18,19)20)21-9-5-7-3-1-2-4-8(7)6-9/h1-5,10H,6H2,(H,18,19,20). The zero-order valence-corrected chi connectivity index (χ0v) is 11.5. The van der Waals surface area contributed by atoms with Crippen LogP contribution in [0.3, 0.4) is 0 Å². The van der Waals surface area contributed by atoms with E-state index in [-0.39, 0.29) is 6.42 Å². The molecular weight excluding hydrogens is 335 g/mol. The molecule has 2 rings (SSSR count). The molecule has 1 unspecified atom stereocenters. The minimum Gasteiger partial charge on any atom is -0.477 e. The second-order valence-electron chi connectivity index (χ2n) is 4.56. The molecule has 0 saturated carbocycles. The third-order valence-corrected chi connectivity index (χ3v) is 3.85. The first-order valence-corrected chi connectivity index (χ1v) is 7.23. The van der Waals surface area contributed by atoms with E-state index in [2.05, 4.69) is 4.74 Å². The highest BCUT2D eigenvalue weighted by Gasteiger charge is 2.65. The molecule has 0 aromatic heterocycles. The number of fused-ring (bicyclic) bond motifs is 1. The van der Waals surface area contributed by atoms with Gasteiger partial charge in [0.1, 0.15) is 5.76 Å². The van der Waals surface area contributed by atoms with Gasteiger partial charge in [0.25, 0.3) is 6.10 Å². The van der Waals surface area contributed by atoms with E-state index in [1.54, 1.807) is 18.2 Å². The van der Waals surface area contributed by atoms with Crippen LogP contribution in [0.1, 0.15) is 11.1 Å². The number of benzene rings is 1. The quantitative estimate of drug-likeness (QED) is 0.674. The van der Waals surface area contributed by atoms with Crippen molar-refractivity contribution in [2.45, 2.75) is 24.0 Å².